The third kappa shape index (κ3) is 3.64. The van der Waals surface area contributed by atoms with Gasteiger partial charge in [-0.05, 0) is 36.5 Å². The summed E-state index contributed by atoms with van der Waals surface area (Å²) in [5.74, 6) is 1.29. The highest BCUT2D eigenvalue weighted by molar-refractivity contribution is 7.84. The molecule has 0 radical (unpaired) electrons. The van der Waals surface area contributed by atoms with Gasteiger partial charge in [0.05, 0.1) is 11.9 Å². The number of benzene rings is 1. The maximum absolute atomic E-state index is 12.1. The number of nitrogens with two attached hydrogens (primary N) is 1. The summed E-state index contributed by atoms with van der Waals surface area (Å²) in [4.78, 5) is 0. The molecule has 1 aliphatic heterocycles. The number of hydrogen-bond donors (Lipinski definition) is 1. The van der Waals surface area contributed by atoms with Crippen LogP contribution in [-0.4, -0.2) is 22.7 Å². The van der Waals surface area contributed by atoms with Crippen molar-refractivity contribution in [2.45, 2.75) is 38.2 Å². The van der Waals surface area contributed by atoms with Gasteiger partial charge in [0.2, 0.25) is 0 Å². The van der Waals surface area contributed by atoms with Gasteiger partial charge in [-0.1, -0.05) is 18.2 Å². The molecular formula is C14H21NO2S. The second-order valence-corrected chi connectivity index (χ2v) is 6.35. The number of ether oxygens (including phenoxy) is 1. The van der Waals surface area contributed by atoms with Crippen molar-refractivity contribution in [2.75, 3.05) is 12.4 Å². The molecule has 18 heavy (non-hydrogen) atoms. The fourth-order valence-corrected chi connectivity index (χ4v) is 3.73. The van der Waals surface area contributed by atoms with Gasteiger partial charge in [0.25, 0.3) is 0 Å². The Bertz CT molecular complexity index is 428. The minimum Gasteiger partial charge on any atom is -0.377 e. The largest absolute Gasteiger partial charge is 0.377 e. The molecule has 1 heterocycles. The fraction of sp³-hybridized carbons (Fsp3) is 0.571. The molecule has 1 fully saturated rings. The summed E-state index contributed by atoms with van der Waals surface area (Å²) in [5, 5.41) is 0. The molecule has 2 rings (SSSR count). The SMILES string of the molecule is Cc1cc(CN)ccc1CS(=O)CC1CCCO1. The molecule has 0 spiro atoms. The van der Waals surface area contributed by atoms with E-state index in [0.29, 0.717) is 18.1 Å². The van der Waals surface area contributed by atoms with Gasteiger partial charge < -0.3 is 10.5 Å². The predicted molar refractivity (Wildman–Crippen MR) is 74.8 cm³/mol. The average Bonchev–Trinajstić information content (AvgIpc) is 2.84. The van der Waals surface area contributed by atoms with Crippen LogP contribution in [-0.2, 0) is 27.8 Å². The van der Waals surface area contributed by atoms with Gasteiger partial charge in [-0.15, -0.1) is 0 Å². The van der Waals surface area contributed by atoms with Crippen LogP contribution in [0.4, 0.5) is 0 Å². The van der Waals surface area contributed by atoms with Crippen LogP contribution >= 0.6 is 0 Å². The fourth-order valence-electron chi connectivity index (χ4n) is 2.26. The van der Waals surface area contributed by atoms with Gasteiger partial charge in [0, 0.05) is 29.7 Å². The van der Waals surface area contributed by atoms with Crippen molar-refractivity contribution in [1.82, 2.24) is 0 Å². The molecule has 0 saturated carbocycles. The van der Waals surface area contributed by atoms with E-state index in [9.17, 15) is 4.21 Å². The van der Waals surface area contributed by atoms with Gasteiger partial charge in [-0.2, -0.15) is 0 Å². The molecule has 1 aromatic carbocycles. The number of rotatable bonds is 5. The lowest BCUT2D eigenvalue weighted by molar-refractivity contribution is 0.128. The number of hydrogen-bond acceptors (Lipinski definition) is 3. The molecule has 0 bridgehead atoms. The summed E-state index contributed by atoms with van der Waals surface area (Å²) in [6, 6.07) is 6.15. The van der Waals surface area contributed by atoms with E-state index >= 15 is 0 Å². The molecule has 0 aromatic heterocycles. The predicted octanol–water partition coefficient (Wildman–Crippen LogP) is 1.88. The Hall–Kier alpha value is -0.710. The maximum atomic E-state index is 12.1. The summed E-state index contributed by atoms with van der Waals surface area (Å²) in [6.45, 7) is 3.43. The van der Waals surface area contributed by atoms with Crippen LogP contribution in [0, 0.1) is 6.92 Å². The van der Waals surface area contributed by atoms with Crippen LogP contribution in [0.5, 0.6) is 0 Å². The smallest absolute Gasteiger partial charge is 0.0691 e. The summed E-state index contributed by atoms with van der Waals surface area (Å²) in [7, 11) is -0.836. The van der Waals surface area contributed by atoms with Crippen LogP contribution in [0.1, 0.15) is 29.5 Å². The molecule has 100 valence electrons. The topological polar surface area (TPSA) is 52.3 Å². The van der Waals surface area contributed by atoms with Crippen molar-refractivity contribution in [3.8, 4) is 0 Å². The Labute approximate surface area is 111 Å². The first-order chi connectivity index (χ1) is 8.69. The molecule has 0 aliphatic carbocycles. The quantitative estimate of drug-likeness (QED) is 0.886. The molecule has 1 aromatic rings. The van der Waals surface area contributed by atoms with E-state index in [2.05, 4.69) is 13.0 Å². The van der Waals surface area contributed by atoms with Crippen molar-refractivity contribution in [1.29, 1.82) is 0 Å². The van der Waals surface area contributed by atoms with Crippen molar-refractivity contribution < 1.29 is 8.95 Å². The Balaban J connectivity index is 1.93. The van der Waals surface area contributed by atoms with Crippen LogP contribution in [0.25, 0.3) is 0 Å². The second kappa shape index (κ2) is 6.45. The maximum Gasteiger partial charge on any atom is 0.0691 e. The Morgan fingerprint density at radius 2 is 2.33 bits per heavy atom. The zero-order valence-electron chi connectivity index (χ0n) is 10.9. The molecule has 4 heteroatoms. The van der Waals surface area contributed by atoms with E-state index in [1.54, 1.807) is 0 Å². The summed E-state index contributed by atoms with van der Waals surface area (Å²) in [6.07, 6.45) is 2.36. The molecule has 2 unspecified atom stereocenters. The molecule has 1 aliphatic rings. The third-order valence-electron chi connectivity index (χ3n) is 3.35. The molecule has 0 amide bonds. The van der Waals surface area contributed by atoms with Crippen molar-refractivity contribution in [3.63, 3.8) is 0 Å². The first-order valence-electron chi connectivity index (χ1n) is 6.44. The van der Waals surface area contributed by atoms with E-state index in [-0.39, 0.29) is 6.10 Å². The molecule has 2 N–H and O–H groups in total. The van der Waals surface area contributed by atoms with Crippen molar-refractivity contribution >= 4 is 10.8 Å². The van der Waals surface area contributed by atoms with Crippen LogP contribution in [0.15, 0.2) is 18.2 Å². The van der Waals surface area contributed by atoms with Gasteiger partial charge in [-0.3, -0.25) is 4.21 Å². The highest BCUT2D eigenvalue weighted by atomic mass is 32.2. The molecule has 1 saturated heterocycles. The lowest BCUT2D eigenvalue weighted by Crippen LogP contribution is -2.17. The van der Waals surface area contributed by atoms with E-state index in [1.165, 1.54) is 5.56 Å². The standard InChI is InChI=1S/C14H21NO2S/c1-11-7-12(8-15)4-5-13(11)9-18(16)10-14-3-2-6-17-14/h4-5,7,14H,2-3,6,8-10,15H2,1H3. The van der Waals surface area contributed by atoms with Gasteiger partial charge in [-0.25, -0.2) is 0 Å². The Kier molecular flexibility index (Phi) is 4.92. The minimum atomic E-state index is -0.836. The molecular weight excluding hydrogens is 246 g/mol. The zero-order chi connectivity index (χ0) is 13.0. The van der Waals surface area contributed by atoms with Crippen LogP contribution in [0.3, 0.4) is 0 Å². The van der Waals surface area contributed by atoms with Crippen LogP contribution in [0.2, 0.25) is 0 Å². The zero-order valence-corrected chi connectivity index (χ0v) is 11.7. The van der Waals surface area contributed by atoms with Crippen molar-refractivity contribution in [3.05, 3.63) is 34.9 Å². The normalized spacial score (nSPS) is 21.1. The summed E-state index contributed by atoms with van der Waals surface area (Å²) >= 11 is 0. The van der Waals surface area contributed by atoms with Gasteiger partial charge >= 0.3 is 0 Å². The van der Waals surface area contributed by atoms with E-state index in [0.717, 1.165) is 30.6 Å². The van der Waals surface area contributed by atoms with E-state index in [4.69, 9.17) is 10.5 Å². The van der Waals surface area contributed by atoms with Crippen molar-refractivity contribution in [2.24, 2.45) is 5.73 Å². The first kappa shape index (κ1) is 13.7. The Morgan fingerprint density at radius 1 is 1.50 bits per heavy atom. The molecule has 2 atom stereocenters. The van der Waals surface area contributed by atoms with Crippen LogP contribution < -0.4 is 5.73 Å². The van der Waals surface area contributed by atoms with Gasteiger partial charge in [0.15, 0.2) is 0 Å². The molecule has 3 nitrogen and oxygen atoms in total. The van der Waals surface area contributed by atoms with Gasteiger partial charge in [0.1, 0.15) is 0 Å². The third-order valence-corrected chi connectivity index (χ3v) is 4.73. The lowest BCUT2D eigenvalue weighted by atomic mass is 10.1. The first-order valence-corrected chi connectivity index (χ1v) is 7.93. The Morgan fingerprint density at radius 3 is 2.94 bits per heavy atom. The minimum absolute atomic E-state index is 0.203. The summed E-state index contributed by atoms with van der Waals surface area (Å²) in [5.41, 5.74) is 9.06. The lowest BCUT2D eigenvalue weighted by Gasteiger charge is -2.11. The highest BCUT2D eigenvalue weighted by Gasteiger charge is 2.18. The average molecular weight is 267 g/mol. The monoisotopic (exact) mass is 267 g/mol. The second-order valence-electron chi connectivity index (χ2n) is 4.85. The van der Waals surface area contributed by atoms with E-state index in [1.807, 2.05) is 12.1 Å². The number of aryl methyl sites for hydroxylation is 1. The highest BCUT2D eigenvalue weighted by Crippen LogP contribution is 2.17. The summed E-state index contributed by atoms with van der Waals surface area (Å²) < 4.78 is 17.6. The van der Waals surface area contributed by atoms with E-state index < -0.39 is 10.8 Å².